The van der Waals surface area contributed by atoms with Crippen LogP contribution in [0.15, 0.2) is 48.8 Å². The minimum atomic E-state index is 0.985. The summed E-state index contributed by atoms with van der Waals surface area (Å²) >= 11 is 0. The van der Waals surface area contributed by atoms with E-state index >= 15 is 0 Å². The SMILES string of the molecule is Cc1ccc2c(C)cc(-c3cccnc3)nc2c1. The highest BCUT2D eigenvalue weighted by atomic mass is 14.7. The quantitative estimate of drug-likeness (QED) is 0.638. The zero-order chi connectivity index (χ0) is 12.5. The van der Waals surface area contributed by atoms with Gasteiger partial charge in [0.1, 0.15) is 0 Å². The third-order valence-corrected chi connectivity index (χ3v) is 3.13. The summed E-state index contributed by atoms with van der Waals surface area (Å²) in [6.45, 7) is 4.21. The van der Waals surface area contributed by atoms with Crippen LogP contribution in [0.4, 0.5) is 0 Å². The average molecular weight is 234 g/mol. The van der Waals surface area contributed by atoms with Crippen LogP contribution >= 0.6 is 0 Å². The molecule has 2 nitrogen and oxygen atoms in total. The Kier molecular flexibility index (Phi) is 2.56. The van der Waals surface area contributed by atoms with Crippen LogP contribution in [-0.4, -0.2) is 9.97 Å². The van der Waals surface area contributed by atoms with E-state index in [4.69, 9.17) is 4.98 Å². The molecule has 1 aromatic carbocycles. The first kappa shape index (κ1) is 10.9. The summed E-state index contributed by atoms with van der Waals surface area (Å²) in [5.41, 5.74) is 5.58. The van der Waals surface area contributed by atoms with Crippen LogP contribution in [0, 0.1) is 13.8 Å². The molecule has 0 spiro atoms. The molecule has 0 saturated heterocycles. The molecule has 2 aromatic heterocycles. The molecule has 0 saturated carbocycles. The zero-order valence-corrected chi connectivity index (χ0v) is 10.5. The van der Waals surface area contributed by atoms with Crippen molar-refractivity contribution in [3.8, 4) is 11.3 Å². The van der Waals surface area contributed by atoms with E-state index in [0.717, 1.165) is 16.8 Å². The summed E-state index contributed by atoms with van der Waals surface area (Å²) in [5, 5.41) is 1.22. The van der Waals surface area contributed by atoms with Gasteiger partial charge < -0.3 is 0 Å². The minimum Gasteiger partial charge on any atom is -0.264 e. The number of nitrogens with zero attached hydrogens (tertiary/aromatic N) is 2. The molecule has 0 N–H and O–H groups in total. The number of rotatable bonds is 1. The van der Waals surface area contributed by atoms with Gasteiger partial charge in [-0.3, -0.25) is 4.98 Å². The van der Waals surface area contributed by atoms with Crippen molar-refractivity contribution in [3.05, 3.63) is 59.9 Å². The van der Waals surface area contributed by atoms with Crippen LogP contribution in [-0.2, 0) is 0 Å². The van der Waals surface area contributed by atoms with Crippen molar-refractivity contribution >= 4 is 10.9 Å². The van der Waals surface area contributed by atoms with Crippen molar-refractivity contribution in [2.75, 3.05) is 0 Å². The molecule has 88 valence electrons. The van der Waals surface area contributed by atoms with Gasteiger partial charge in [0.2, 0.25) is 0 Å². The van der Waals surface area contributed by atoms with Gasteiger partial charge in [-0.25, -0.2) is 4.98 Å². The van der Waals surface area contributed by atoms with Crippen molar-refractivity contribution in [1.29, 1.82) is 0 Å². The van der Waals surface area contributed by atoms with E-state index in [2.05, 4.69) is 43.1 Å². The fraction of sp³-hybridized carbons (Fsp3) is 0.125. The first-order chi connectivity index (χ1) is 8.74. The molecule has 0 bridgehead atoms. The van der Waals surface area contributed by atoms with Gasteiger partial charge in [0, 0.05) is 23.3 Å². The van der Waals surface area contributed by atoms with E-state index < -0.39 is 0 Å². The highest BCUT2D eigenvalue weighted by molar-refractivity contribution is 5.85. The Balaban J connectivity index is 2.27. The molecule has 3 aromatic rings. The van der Waals surface area contributed by atoms with Crippen molar-refractivity contribution in [3.63, 3.8) is 0 Å². The second kappa shape index (κ2) is 4.22. The van der Waals surface area contributed by atoms with Gasteiger partial charge in [-0.1, -0.05) is 12.1 Å². The lowest BCUT2D eigenvalue weighted by Gasteiger charge is -2.07. The number of pyridine rings is 2. The molecule has 18 heavy (non-hydrogen) atoms. The van der Waals surface area contributed by atoms with Gasteiger partial charge in [0.25, 0.3) is 0 Å². The van der Waals surface area contributed by atoms with Crippen LogP contribution in [0.5, 0.6) is 0 Å². The smallest absolute Gasteiger partial charge is 0.0727 e. The number of hydrogen-bond acceptors (Lipinski definition) is 2. The Morgan fingerprint density at radius 3 is 2.67 bits per heavy atom. The summed E-state index contributed by atoms with van der Waals surface area (Å²) in [4.78, 5) is 8.88. The lowest BCUT2D eigenvalue weighted by Crippen LogP contribution is -1.89. The van der Waals surface area contributed by atoms with E-state index in [-0.39, 0.29) is 0 Å². The molecule has 2 heterocycles. The molecular weight excluding hydrogens is 220 g/mol. The first-order valence-corrected chi connectivity index (χ1v) is 6.02. The third-order valence-electron chi connectivity index (χ3n) is 3.13. The van der Waals surface area contributed by atoms with Gasteiger partial charge in [0.15, 0.2) is 0 Å². The number of hydrogen-bond donors (Lipinski definition) is 0. The summed E-state index contributed by atoms with van der Waals surface area (Å²) in [5.74, 6) is 0. The predicted octanol–water partition coefficient (Wildman–Crippen LogP) is 3.91. The molecule has 0 aliphatic carbocycles. The second-order valence-electron chi connectivity index (χ2n) is 4.59. The zero-order valence-electron chi connectivity index (χ0n) is 10.5. The van der Waals surface area contributed by atoms with Crippen LogP contribution in [0.3, 0.4) is 0 Å². The maximum atomic E-state index is 4.73. The fourth-order valence-electron chi connectivity index (χ4n) is 2.17. The number of benzene rings is 1. The standard InChI is InChI=1S/C16H14N2/c1-11-5-6-14-12(2)9-15(18-16(14)8-11)13-4-3-7-17-10-13/h3-10H,1-2H3. The van der Waals surface area contributed by atoms with Crippen LogP contribution in [0.25, 0.3) is 22.2 Å². The Morgan fingerprint density at radius 2 is 1.89 bits per heavy atom. The van der Waals surface area contributed by atoms with E-state index in [0.29, 0.717) is 0 Å². The van der Waals surface area contributed by atoms with Gasteiger partial charge in [-0.15, -0.1) is 0 Å². The molecule has 0 amide bonds. The first-order valence-electron chi connectivity index (χ1n) is 6.02. The van der Waals surface area contributed by atoms with Crippen molar-refractivity contribution < 1.29 is 0 Å². The lowest BCUT2D eigenvalue weighted by atomic mass is 10.0. The fourth-order valence-corrected chi connectivity index (χ4v) is 2.17. The van der Waals surface area contributed by atoms with E-state index in [1.54, 1.807) is 6.20 Å². The molecule has 0 radical (unpaired) electrons. The molecule has 0 unspecified atom stereocenters. The lowest BCUT2D eigenvalue weighted by molar-refractivity contribution is 1.29. The molecule has 0 fully saturated rings. The molecule has 2 heteroatoms. The Hall–Kier alpha value is -2.22. The highest BCUT2D eigenvalue weighted by Gasteiger charge is 2.05. The largest absolute Gasteiger partial charge is 0.264 e. The van der Waals surface area contributed by atoms with Crippen molar-refractivity contribution in [2.24, 2.45) is 0 Å². The Bertz CT molecular complexity index is 703. The maximum absolute atomic E-state index is 4.73. The third kappa shape index (κ3) is 1.86. The summed E-state index contributed by atoms with van der Waals surface area (Å²) < 4.78 is 0. The van der Waals surface area contributed by atoms with Crippen molar-refractivity contribution in [1.82, 2.24) is 9.97 Å². The van der Waals surface area contributed by atoms with Crippen LogP contribution in [0.1, 0.15) is 11.1 Å². The minimum absolute atomic E-state index is 0.985. The molecule has 0 atom stereocenters. The van der Waals surface area contributed by atoms with Crippen molar-refractivity contribution in [2.45, 2.75) is 13.8 Å². The van der Waals surface area contributed by atoms with Gasteiger partial charge in [0.05, 0.1) is 11.2 Å². The maximum Gasteiger partial charge on any atom is 0.0727 e. The monoisotopic (exact) mass is 234 g/mol. The number of aryl methyl sites for hydroxylation is 2. The molecule has 3 rings (SSSR count). The topological polar surface area (TPSA) is 25.8 Å². The Labute approximate surface area is 106 Å². The molecular formula is C16H14N2. The second-order valence-corrected chi connectivity index (χ2v) is 4.59. The van der Waals surface area contributed by atoms with E-state index in [1.807, 2.05) is 18.3 Å². The molecule has 0 aliphatic rings. The summed E-state index contributed by atoms with van der Waals surface area (Å²) in [6.07, 6.45) is 3.63. The molecule has 0 aliphatic heterocycles. The summed E-state index contributed by atoms with van der Waals surface area (Å²) in [6, 6.07) is 12.5. The number of aromatic nitrogens is 2. The predicted molar refractivity (Wildman–Crippen MR) is 74.4 cm³/mol. The normalized spacial score (nSPS) is 10.8. The van der Waals surface area contributed by atoms with Gasteiger partial charge >= 0.3 is 0 Å². The van der Waals surface area contributed by atoms with E-state index in [1.165, 1.54) is 16.5 Å². The van der Waals surface area contributed by atoms with Crippen LogP contribution < -0.4 is 0 Å². The van der Waals surface area contributed by atoms with Gasteiger partial charge in [-0.2, -0.15) is 0 Å². The summed E-state index contributed by atoms with van der Waals surface area (Å²) in [7, 11) is 0. The van der Waals surface area contributed by atoms with Gasteiger partial charge in [-0.05, 0) is 49.2 Å². The van der Waals surface area contributed by atoms with Crippen LogP contribution in [0.2, 0.25) is 0 Å². The number of fused-ring (bicyclic) bond motifs is 1. The Morgan fingerprint density at radius 1 is 1.00 bits per heavy atom. The van der Waals surface area contributed by atoms with E-state index in [9.17, 15) is 0 Å². The highest BCUT2D eigenvalue weighted by Crippen LogP contribution is 2.24. The average Bonchev–Trinajstić information content (AvgIpc) is 2.39.